The zero-order chi connectivity index (χ0) is 19.4. The number of aromatic amines is 1. The molecule has 0 aromatic carbocycles. The first-order valence-electron chi connectivity index (χ1n) is 8.98. The Morgan fingerprint density at radius 1 is 1.36 bits per heavy atom. The van der Waals surface area contributed by atoms with Gasteiger partial charge < -0.3 is 10.3 Å². The van der Waals surface area contributed by atoms with Gasteiger partial charge in [-0.05, 0) is 18.9 Å². The van der Waals surface area contributed by atoms with Gasteiger partial charge in [0.15, 0.2) is 0 Å². The Hall–Kier alpha value is -2.97. The summed E-state index contributed by atoms with van der Waals surface area (Å²) in [6.07, 6.45) is 8.35. The van der Waals surface area contributed by atoms with E-state index in [4.69, 9.17) is 0 Å². The fraction of sp³-hybridized carbons (Fsp3) is 0.412. The van der Waals surface area contributed by atoms with Crippen molar-refractivity contribution in [3.8, 4) is 6.07 Å². The second-order valence-electron chi connectivity index (χ2n) is 7.33. The first kappa shape index (κ1) is 17.2. The minimum absolute atomic E-state index is 0.195. The topological polar surface area (TPSA) is 133 Å². The third-order valence-corrected chi connectivity index (χ3v) is 7.63. The fourth-order valence-electron chi connectivity index (χ4n) is 3.61. The molecule has 1 saturated heterocycles. The molecule has 1 aliphatic carbocycles. The van der Waals surface area contributed by atoms with Gasteiger partial charge in [-0.2, -0.15) is 14.7 Å². The van der Waals surface area contributed by atoms with Gasteiger partial charge in [-0.25, -0.2) is 18.4 Å². The van der Waals surface area contributed by atoms with Gasteiger partial charge >= 0.3 is 0 Å². The molecule has 3 aromatic heterocycles. The number of rotatable bonds is 6. The average Bonchev–Trinajstić information content (AvgIpc) is 3.22. The summed E-state index contributed by atoms with van der Waals surface area (Å²) >= 11 is 0. The number of anilines is 2. The Morgan fingerprint density at radius 3 is 2.93 bits per heavy atom. The molecular formula is C17H18N8O2S. The van der Waals surface area contributed by atoms with E-state index in [9.17, 15) is 13.7 Å². The average molecular weight is 398 g/mol. The van der Waals surface area contributed by atoms with Gasteiger partial charge in [0, 0.05) is 25.5 Å². The molecule has 4 heterocycles. The molecule has 0 bridgehead atoms. The lowest BCUT2D eigenvalue weighted by molar-refractivity contribution is 0.0716. The Bertz CT molecular complexity index is 1180. The lowest BCUT2D eigenvalue weighted by Crippen LogP contribution is -2.64. The fourth-order valence-corrected chi connectivity index (χ4v) is 5.60. The number of fused-ring (bicyclic) bond motifs is 1. The van der Waals surface area contributed by atoms with Gasteiger partial charge in [0.2, 0.25) is 10.0 Å². The number of hydrogen-bond donors (Lipinski definition) is 2. The monoisotopic (exact) mass is 398 g/mol. The maximum absolute atomic E-state index is 12.4. The van der Waals surface area contributed by atoms with E-state index in [0.717, 1.165) is 23.9 Å². The molecule has 10 nitrogen and oxygen atoms in total. The van der Waals surface area contributed by atoms with Crippen molar-refractivity contribution >= 4 is 32.6 Å². The second kappa shape index (κ2) is 6.02. The van der Waals surface area contributed by atoms with E-state index in [1.54, 1.807) is 23.3 Å². The van der Waals surface area contributed by atoms with Crippen LogP contribution in [0.1, 0.15) is 19.3 Å². The summed E-state index contributed by atoms with van der Waals surface area (Å²) in [7, 11) is -3.24. The van der Waals surface area contributed by atoms with E-state index < -0.39 is 15.6 Å². The Balaban J connectivity index is 1.38. The van der Waals surface area contributed by atoms with Crippen LogP contribution in [0.4, 0.5) is 11.5 Å². The van der Waals surface area contributed by atoms with E-state index in [2.05, 4.69) is 31.4 Å². The highest BCUT2D eigenvalue weighted by Crippen LogP contribution is 2.40. The smallest absolute Gasteiger partial charge is 0.217 e. The molecule has 5 rings (SSSR count). The minimum Gasteiger partial charge on any atom is -0.346 e. The number of nitriles is 1. The molecule has 0 spiro atoms. The molecule has 2 fully saturated rings. The van der Waals surface area contributed by atoms with Crippen LogP contribution in [0, 0.1) is 11.3 Å². The van der Waals surface area contributed by atoms with Crippen LogP contribution in [0.2, 0.25) is 0 Å². The van der Waals surface area contributed by atoms with Crippen LogP contribution >= 0.6 is 0 Å². The standard InChI is InChI=1S/C17H18N8O2S/c18-5-4-17(9-24(10-17)28(26,27)13-1-2-13)25-8-12(7-22-25)23-16-14-3-6-19-15(14)20-11-21-16/h3,6-8,11,13H,1-2,4,9-10H2,(H2,19,20,21,23). The van der Waals surface area contributed by atoms with Crippen LogP contribution in [0.3, 0.4) is 0 Å². The summed E-state index contributed by atoms with van der Waals surface area (Å²) in [6.45, 7) is 0.548. The number of hydrogen-bond acceptors (Lipinski definition) is 7. The maximum atomic E-state index is 12.4. The molecule has 1 saturated carbocycles. The molecule has 0 amide bonds. The summed E-state index contributed by atoms with van der Waals surface area (Å²) < 4.78 is 28.0. The summed E-state index contributed by atoms with van der Waals surface area (Å²) in [4.78, 5) is 11.5. The van der Waals surface area contributed by atoms with Gasteiger partial charge in [0.1, 0.15) is 23.3 Å². The minimum atomic E-state index is -3.24. The van der Waals surface area contributed by atoms with Crippen molar-refractivity contribution in [1.29, 1.82) is 5.26 Å². The summed E-state index contributed by atoms with van der Waals surface area (Å²) in [5, 5.41) is 17.5. The predicted molar refractivity (Wildman–Crippen MR) is 101 cm³/mol. The SMILES string of the molecule is N#CCC1(n2cc(Nc3ncnc4[nH]ccc34)cn2)CN(S(=O)(=O)C2CC2)C1. The summed E-state index contributed by atoms with van der Waals surface area (Å²) in [6, 6.07) is 4.06. The Kier molecular flexibility index (Phi) is 3.68. The molecule has 2 aliphatic rings. The molecule has 0 radical (unpaired) electrons. The van der Waals surface area contributed by atoms with Gasteiger partial charge in [-0.1, -0.05) is 0 Å². The van der Waals surface area contributed by atoms with Crippen LogP contribution in [-0.4, -0.2) is 55.8 Å². The molecule has 144 valence electrons. The van der Waals surface area contributed by atoms with Crippen LogP contribution in [0.15, 0.2) is 31.0 Å². The third kappa shape index (κ3) is 2.64. The number of nitrogens with zero attached hydrogens (tertiary/aromatic N) is 6. The first-order chi connectivity index (χ1) is 13.5. The normalized spacial score (nSPS) is 19.2. The summed E-state index contributed by atoms with van der Waals surface area (Å²) in [5.74, 6) is 0.645. The van der Waals surface area contributed by atoms with Crippen molar-refractivity contribution in [3.05, 3.63) is 31.0 Å². The largest absolute Gasteiger partial charge is 0.346 e. The van der Waals surface area contributed by atoms with Gasteiger partial charge in [-0.3, -0.25) is 4.68 Å². The van der Waals surface area contributed by atoms with Crippen molar-refractivity contribution in [2.45, 2.75) is 30.1 Å². The maximum Gasteiger partial charge on any atom is 0.217 e. The molecule has 3 aromatic rings. The third-order valence-electron chi connectivity index (χ3n) is 5.34. The highest BCUT2D eigenvalue weighted by Gasteiger charge is 2.53. The molecule has 11 heteroatoms. The number of nitrogens with one attached hydrogen (secondary N) is 2. The quantitative estimate of drug-likeness (QED) is 0.640. The lowest BCUT2D eigenvalue weighted by atomic mass is 9.89. The van der Waals surface area contributed by atoms with E-state index in [1.807, 2.05) is 6.07 Å². The van der Waals surface area contributed by atoms with Crippen LogP contribution < -0.4 is 5.32 Å². The van der Waals surface area contributed by atoms with E-state index in [1.165, 1.54) is 10.6 Å². The first-order valence-corrected chi connectivity index (χ1v) is 10.5. The molecular weight excluding hydrogens is 380 g/mol. The number of sulfonamides is 1. The molecule has 0 unspecified atom stereocenters. The molecule has 28 heavy (non-hydrogen) atoms. The van der Waals surface area contributed by atoms with E-state index in [0.29, 0.717) is 11.5 Å². The second-order valence-corrected chi connectivity index (χ2v) is 9.55. The summed E-state index contributed by atoms with van der Waals surface area (Å²) in [5.41, 5.74) is 0.805. The number of aromatic nitrogens is 5. The number of H-pyrrole nitrogens is 1. The van der Waals surface area contributed by atoms with Crippen molar-refractivity contribution in [2.24, 2.45) is 0 Å². The van der Waals surface area contributed by atoms with Crippen molar-refractivity contribution < 1.29 is 8.42 Å². The van der Waals surface area contributed by atoms with Crippen molar-refractivity contribution in [3.63, 3.8) is 0 Å². The molecule has 2 N–H and O–H groups in total. The predicted octanol–water partition coefficient (Wildman–Crippen LogP) is 1.31. The van der Waals surface area contributed by atoms with Crippen LogP contribution in [0.5, 0.6) is 0 Å². The van der Waals surface area contributed by atoms with Crippen molar-refractivity contribution in [1.82, 2.24) is 29.0 Å². The lowest BCUT2D eigenvalue weighted by Gasteiger charge is -2.48. The van der Waals surface area contributed by atoms with E-state index >= 15 is 0 Å². The zero-order valence-electron chi connectivity index (χ0n) is 14.9. The van der Waals surface area contributed by atoms with Gasteiger partial charge in [0.25, 0.3) is 0 Å². The highest BCUT2D eigenvalue weighted by atomic mass is 32.2. The highest BCUT2D eigenvalue weighted by molar-refractivity contribution is 7.90. The zero-order valence-corrected chi connectivity index (χ0v) is 15.7. The van der Waals surface area contributed by atoms with Crippen LogP contribution in [0.25, 0.3) is 11.0 Å². The molecule has 0 atom stereocenters. The Labute approximate surface area is 161 Å². The van der Waals surface area contributed by atoms with Crippen LogP contribution in [-0.2, 0) is 15.6 Å². The van der Waals surface area contributed by atoms with Crippen molar-refractivity contribution in [2.75, 3.05) is 18.4 Å². The van der Waals surface area contributed by atoms with Gasteiger partial charge in [-0.15, -0.1) is 0 Å². The van der Waals surface area contributed by atoms with Gasteiger partial charge in [0.05, 0.1) is 35.0 Å². The molecule has 1 aliphatic heterocycles. The van der Waals surface area contributed by atoms with E-state index in [-0.39, 0.29) is 24.8 Å². The Morgan fingerprint density at radius 2 is 2.18 bits per heavy atom.